The molecule has 1 saturated carbocycles. The summed E-state index contributed by atoms with van der Waals surface area (Å²) in [4.78, 5) is 35.2. The number of alkyl carbamates (subject to hydrolysis) is 1. The molecule has 2 aliphatic rings. The van der Waals surface area contributed by atoms with Crippen LogP contribution in [0.25, 0.3) is 11.1 Å². The van der Waals surface area contributed by atoms with E-state index in [4.69, 9.17) is 9.84 Å². The molecule has 0 heterocycles. The fourth-order valence-corrected chi connectivity index (χ4v) is 4.39. The molecule has 0 aromatic heterocycles. The van der Waals surface area contributed by atoms with E-state index in [9.17, 15) is 14.4 Å². The Morgan fingerprint density at radius 3 is 2.19 bits per heavy atom. The highest BCUT2D eigenvalue weighted by Crippen LogP contribution is 2.44. The SMILES string of the molecule is C[C@H](CC(=O)NC1CC(C(=O)O)C1)NC(=O)OCC1c2ccccc2-c2ccccc21. The van der Waals surface area contributed by atoms with Gasteiger partial charge in [-0.1, -0.05) is 48.5 Å². The molecule has 0 spiro atoms. The van der Waals surface area contributed by atoms with Gasteiger partial charge in [0, 0.05) is 24.4 Å². The zero-order chi connectivity index (χ0) is 22.0. The van der Waals surface area contributed by atoms with Gasteiger partial charge in [0.25, 0.3) is 0 Å². The topological polar surface area (TPSA) is 105 Å². The number of carbonyl (C=O) groups is 3. The number of fused-ring (bicyclic) bond motifs is 3. The quantitative estimate of drug-likeness (QED) is 0.635. The highest BCUT2D eigenvalue weighted by molar-refractivity contribution is 5.80. The summed E-state index contributed by atoms with van der Waals surface area (Å²) >= 11 is 0. The summed E-state index contributed by atoms with van der Waals surface area (Å²) in [5.74, 6) is -1.42. The molecule has 0 radical (unpaired) electrons. The van der Waals surface area contributed by atoms with E-state index in [1.165, 1.54) is 11.1 Å². The number of ether oxygens (including phenoxy) is 1. The molecule has 0 aliphatic heterocycles. The lowest BCUT2D eigenvalue weighted by Crippen LogP contribution is -2.48. The van der Waals surface area contributed by atoms with Gasteiger partial charge in [0.05, 0.1) is 5.92 Å². The highest BCUT2D eigenvalue weighted by atomic mass is 16.5. The molecule has 31 heavy (non-hydrogen) atoms. The van der Waals surface area contributed by atoms with E-state index < -0.39 is 18.1 Å². The van der Waals surface area contributed by atoms with Gasteiger partial charge in [-0.25, -0.2) is 4.79 Å². The third-order valence-electron chi connectivity index (χ3n) is 6.05. The van der Waals surface area contributed by atoms with Gasteiger partial charge in [0.2, 0.25) is 5.91 Å². The zero-order valence-electron chi connectivity index (χ0n) is 17.3. The normalized spacial score (nSPS) is 20.0. The van der Waals surface area contributed by atoms with Crippen LogP contribution < -0.4 is 10.6 Å². The van der Waals surface area contributed by atoms with Crippen LogP contribution in [0.5, 0.6) is 0 Å². The van der Waals surface area contributed by atoms with Crippen molar-refractivity contribution >= 4 is 18.0 Å². The molecule has 0 saturated heterocycles. The summed E-state index contributed by atoms with van der Waals surface area (Å²) in [5, 5.41) is 14.4. The summed E-state index contributed by atoms with van der Waals surface area (Å²) < 4.78 is 5.50. The lowest BCUT2D eigenvalue weighted by molar-refractivity contribution is -0.146. The zero-order valence-corrected chi connectivity index (χ0v) is 17.3. The first-order chi connectivity index (χ1) is 14.9. The molecule has 7 nitrogen and oxygen atoms in total. The summed E-state index contributed by atoms with van der Waals surface area (Å²) in [5.41, 5.74) is 4.62. The maximum absolute atomic E-state index is 12.3. The van der Waals surface area contributed by atoms with Crippen LogP contribution in [0.15, 0.2) is 48.5 Å². The van der Waals surface area contributed by atoms with Gasteiger partial charge in [0.15, 0.2) is 0 Å². The lowest BCUT2D eigenvalue weighted by Gasteiger charge is -2.33. The molecule has 3 N–H and O–H groups in total. The van der Waals surface area contributed by atoms with E-state index in [0.717, 1.165) is 11.1 Å². The van der Waals surface area contributed by atoms with Crippen LogP contribution in [0.3, 0.4) is 0 Å². The number of hydrogen-bond donors (Lipinski definition) is 3. The van der Waals surface area contributed by atoms with Gasteiger partial charge in [-0.05, 0) is 42.0 Å². The van der Waals surface area contributed by atoms with Gasteiger partial charge in [-0.15, -0.1) is 0 Å². The first-order valence-electron chi connectivity index (χ1n) is 10.6. The predicted octanol–water partition coefficient (Wildman–Crippen LogP) is 3.28. The summed E-state index contributed by atoms with van der Waals surface area (Å²) in [6, 6.07) is 15.8. The van der Waals surface area contributed by atoms with Crippen molar-refractivity contribution in [2.24, 2.45) is 5.92 Å². The highest BCUT2D eigenvalue weighted by Gasteiger charge is 2.35. The van der Waals surface area contributed by atoms with Crippen LogP contribution in [0.2, 0.25) is 0 Å². The van der Waals surface area contributed by atoms with Gasteiger partial charge in [0.1, 0.15) is 6.61 Å². The Morgan fingerprint density at radius 1 is 1.03 bits per heavy atom. The molecule has 4 rings (SSSR count). The third kappa shape index (κ3) is 4.55. The van der Waals surface area contributed by atoms with Crippen molar-refractivity contribution in [3.63, 3.8) is 0 Å². The first kappa shape index (κ1) is 20.9. The number of benzene rings is 2. The van der Waals surface area contributed by atoms with Crippen molar-refractivity contribution in [3.05, 3.63) is 59.7 Å². The Kier molecular flexibility index (Phi) is 5.93. The largest absolute Gasteiger partial charge is 0.481 e. The fourth-order valence-electron chi connectivity index (χ4n) is 4.39. The van der Waals surface area contributed by atoms with Crippen LogP contribution >= 0.6 is 0 Å². The van der Waals surface area contributed by atoms with E-state index in [0.29, 0.717) is 12.8 Å². The average Bonchev–Trinajstić information content (AvgIpc) is 3.02. The maximum Gasteiger partial charge on any atom is 0.407 e. The molecule has 2 aliphatic carbocycles. The van der Waals surface area contributed by atoms with Crippen molar-refractivity contribution in [1.29, 1.82) is 0 Å². The molecule has 162 valence electrons. The van der Waals surface area contributed by atoms with Crippen LogP contribution in [0.1, 0.15) is 43.2 Å². The number of hydrogen-bond acceptors (Lipinski definition) is 4. The van der Waals surface area contributed by atoms with Crippen LogP contribution in [-0.4, -0.2) is 41.8 Å². The Labute approximate surface area is 180 Å². The number of rotatable bonds is 7. The monoisotopic (exact) mass is 422 g/mol. The molecule has 0 unspecified atom stereocenters. The van der Waals surface area contributed by atoms with E-state index >= 15 is 0 Å². The van der Waals surface area contributed by atoms with Crippen molar-refractivity contribution in [3.8, 4) is 11.1 Å². The molecule has 1 fully saturated rings. The Balaban J connectivity index is 1.25. The van der Waals surface area contributed by atoms with Gasteiger partial charge in [-0.3, -0.25) is 9.59 Å². The second-order valence-corrected chi connectivity index (χ2v) is 8.35. The molecule has 2 aromatic rings. The van der Waals surface area contributed by atoms with E-state index in [2.05, 4.69) is 34.9 Å². The van der Waals surface area contributed by atoms with Crippen LogP contribution in [0.4, 0.5) is 4.79 Å². The van der Waals surface area contributed by atoms with E-state index in [-0.39, 0.29) is 36.8 Å². The lowest BCUT2D eigenvalue weighted by atomic mass is 9.80. The maximum atomic E-state index is 12.3. The number of nitrogens with one attached hydrogen (secondary N) is 2. The van der Waals surface area contributed by atoms with Gasteiger partial charge >= 0.3 is 12.1 Å². The van der Waals surface area contributed by atoms with Gasteiger partial charge < -0.3 is 20.5 Å². The smallest absolute Gasteiger partial charge is 0.407 e. The van der Waals surface area contributed by atoms with Crippen molar-refractivity contribution < 1.29 is 24.2 Å². The molecule has 7 heteroatoms. The predicted molar refractivity (Wildman–Crippen MR) is 115 cm³/mol. The van der Waals surface area contributed by atoms with E-state index in [1.54, 1.807) is 6.92 Å². The number of carboxylic acid groups (broad SMARTS) is 1. The van der Waals surface area contributed by atoms with Crippen LogP contribution in [-0.2, 0) is 14.3 Å². The Hall–Kier alpha value is -3.35. The molecular weight excluding hydrogens is 396 g/mol. The van der Waals surface area contributed by atoms with Crippen LogP contribution in [0, 0.1) is 5.92 Å². The fraction of sp³-hybridized carbons (Fsp3) is 0.375. The number of amides is 2. The number of carboxylic acids is 1. The number of carbonyl (C=O) groups excluding carboxylic acids is 2. The second-order valence-electron chi connectivity index (χ2n) is 8.35. The standard InChI is InChI=1S/C24H26N2O5/c1-14(10-22(27)26-16-11-15(12-16)23(28)29)25-24(30)31-13-21-19-8-4-2-6-17(19)18-7-3-5-9-20(18)21/h2-9,14-16,21H,10-13H2,1H3,(H,25,30)(H,26,27)(H,28,29)/t14-,15?,16?/m1/s1. The van der Waals surface area contributed by atoms with Crippen molar-refractivity contribution in [1.82, 2.24) is 10.6 Å². The second kappa shape index (κ2) is 8.79. The summed E-state index contributed by atoms with van der Waals surface area (Å²) in [6.45, 7) is 1.96. The molecule has 1 atom stereocenters. The van der Waals surface area contributed by atoms with Gasteiger partial charge in [-0.2, -0.15) is 0 Å². The first-order valence-corrected chi connectivity index (χ1v) is 10.6. The molecule has 2 amide bonds. The Morgan fingerprint density at radius 2 is 1.61 bits per heavy atom. The Bertz CT molecular complexity index is 953. The minimum atomic E-state index is -0.823. The molecular formula is C24H26N2O5. The minimum Gasteiger partial charge on any atom is -0.481 e. The third-order valence-corrected chi connectivity index (χ3v) is 6.05. The average molecular weight is 422 g/mol. The minimum absolute atomic E-state index is 0.0162. The molecule has 0 bridgehead atoms. The summed E-state index contributed by atoms with van der Waals surface area (Å²) in [7, 11) is 0. The van der Waals surface area contributed by atoms with Crippen molar-refractivity contribution in [2.45, 2.75) is 44.2 Å². The van der Waals surface area contributed by atoms with Crippen molar-refractivity contribution in [2.75, 3.05) is 6.61 Å². The molecule has 2 aromatic carbocycles. The number of aliphatic carboxylic acids is 1. The van der Waals surface area contributed by atoms with E-state index in [1.807, 2.05) is 24.3 Å². The summed E-state index contributed by atoms with van der Waals surface area (Å²) in [6.07, 6.45) is 0.458.